The molecule has 0 bridgehead atoms. The van der Waals surface area contributed by atoms with Gasteiger partial charge in [0.25, 0.3) is 0 Å². The van der Waals surface area contributed by atoms with Crippen molar-refractivity contribution < 1.29 is 9.59 Å². The molecule has 2 amide bonds. The first-order chi connectivity index (χ1) is 15.3. The molecule has 2 N–H and O–H groups in total. The Morgan fingerprint density at radius 3 is 2.22 bits per heavy atom. The topological polar surface area (TPSA) is 67.9 Å². The highest BCUT2D eigenvalue weighted by Gasteiger charge is 2.25. The van der Waals surface area contributed by atoms with Gasteiger partial charge in [-0.1, -0.05) is 41.9 Å². The summed E-state index contributed by atoms with van der Waals surface area (Å²) >= 11 is 6.12. The Morgan fingerprint density at radius 1 is 0.969 bits per heavy atom. The first-order valence-corrected chi connectivity index (χ1v) is 11.2. The quantitative estimate of drug-likeness (QED) is 0.623. The molecule has 3 rings (SSSR count). The average molecular weight is 458 g/mol. The van der Waals surface area contributed by atoms with E-state index in [2.05, 4.69) is 56.6 Å². The van der Waals surface area contributed by atoms with Gasteiger partial charge >= 0.3 is 11.8 Å². The fraction of sp³-hybridized carbons (Fsp3) is 0.417. The molecule has 0 spiro atoms. The summed E-state index contributed by atoms with van der Waals surface area (Å²) in [5.41, 5.74) is 3.01. The lowest BCUT2D eigenvalue weighted by atomic mass is 10.0. The number of likely N-dealkylation sites (N-methyl/N-ethyl adjacent to an activating group) is 1. The van der Waals surface area contributed by atoms with E-state index in [1.807, 2.05) is 32.3 Å². The van der Waals surface area contributed by atoms with Gasteiger partial charge < -0.3 is 20.4 Å². The third-order valence-electron chi connectivity index (χ3n) is 5.83. The summed E-state index contributed by atoms with van der Waals surface area (Å²) in [6, 6.07) is 15.6. The minimum absolute atomic E-state index is 0.000213. The third-order valence-corrected chi connectivity index (χ3v) is 6.20. The van der Waals surface area contributed by atoms with E-state index in [1.54, 1.807) is 6.07 Å². The second kappa shape index (κ2) is 11.3. The van der Waals surface area contributed by atoms with Crippen molar-refractivity contribution in [2.75, 3.05) is 58.8 Å². The highest BCUT2D eigenvalue weighted by molar-refractivity contribution is 6.35. The summed E-state index contributed by atoms with van der Waals surface area (Å²) in [5, 5.41) is 6.03. The zero-order chi connectivity index (χ0) is 23.1. The Labute approximate surface area is 195 Å². The van der Waals surface area contributed by atoms with Crippen LogP contribution >= 0.6 is 11.6 Å². The standard InChI is InChI=1S/C24H32ClN5O2/c1-28(2)20-10-8-18(9-11-20)22(30-14-12-29(3)13-15-30)17-27-24(32)23(31)26-16-19-6-4-5-7-21(19)25/h4-11,22H,12-17H2,1-3H3,(H,26,31)(H,27,32). The van der Waals surface area contributed by atoms with Gasteiger partial charge in [-0.2, -0.15) is 0 Å². The van der Waals surface area contributed by atoms with Gasteiger partial charge in [-0.3, -0.25) is 14.5 Å². The zero-order valence-electron chi connectivity index (χ0n) is 19.0. The van der Waals surface area contributed by atoms with Crippen molar-refractivity contribution in [1.29, 1.82) is 0 Å². The molecule has 7 nitrogen and oxygen atoms in total. The first-order valence-electron chi connectivity index (χ1n) is 10.8. The van der Waals surface area contributed by atoms with Crippen LogP contribution in [0, 0.1) is 0 Å². The van der Waals surface area contributed by atoms with Crippen LogP contribution in [0.1, 0.15) is 17.2 Å². The van der Waals surface area contributed by atoms with Gasteiger partial charge in [-0.05, 0) is 36.4 Å². The molecule has 0 saturated carbocycles. The molecule has 1 aliphatic rings. The highest BCUT2D eigenvalue weighted by Crippen LogP contribution is 2.24. The van der Waals surface area contributed by atoms with Crippen molar-refractivity contribution in [2.24, 2.45) is 0 Å². The second-order valence-electron chi connectivity index (χ2n) is 8.33. The fourth-order valence-electron chi connectivity index (χ4n) is 3.75. The van der Waals surface area contributed by atoms with Crippen molar-refractivity contribution in [3.63, 3.8) is 0 Å². The first kappa shape index (κ1) is 24.0. The number of halogens is 1. The molecular weight excluding hydrogens is 426 g/mol. The van der Waals surface area contributed by atoms with Crippen LogP contribution in [0.4, 0.5) is 5.69 Å². The van der Waals surface area contributed by atoms with E-state index in [0.29, 0.717) is 11.6 Å². The minimum atomic E-state index is -0.662. The molecule has 0 radical (unpaired) electrons. The van der Waals surface area contributed by atoms with Crippen molar-refractivity contribution >= 4 is 29.1 Å². The number of benzene rings is 2. The molecule has 1 atom stereocenters. The van der Waals surface area contributed by atoms with E-state index >= 15 is 0 Å². The number of rotatable bonds is 7. The Balaban J connectivity index is 1.63. The molecule has 1 aliphatic heterocycles. The average Bonchev–Trinajstić information content (AvgIpc) is 2.79. The number of nitrogens with zero attached hydrogens (tertiary/aromatic N) is 3. The van der Waals surface area contributed by atoms with Gasteiger partial charge in [0.1, 0.15) is 0 Å². The SMILES string of the molecule is CN1CCN(C(CNC(=O)C(=O)NCc2ccccc2Cl)c2ccc(N(C)C)cc2)CC1. The number of hydrogen-bond donors (Lipinski definition) is 2. The van der Waals surface area contributed by atoms with Gasteiger partial charge in [-0.15, -0.1) is 0 Å². The Hall–Kier alpha value is -2.61. The van der Waals surface area contributed by atoms with Crippen molar-refractivity contribution in [1.82, 2.24) is 20.4 Å². The maximum absolute atomic E-state index is 12.5. The van der Waals surface area contributed by atoms with Crippen LogP contribution < -0.4 is 15.5 Å². The number of carbonyl (C=O) groups excluding carboxylic acids is 2. The molecule has 1 unspecified atom stereocenters. The lowest BCUT2D eigenvalue weighted by molar-refractivity contribution is -0.139. The Kier molecular flexibility index (Phi) is 8.50. The lowest BCUT2D eigenvalue weighted by Gasteiger charge is -2.38. The van der Waals surface area contributed by atoms with Gasteiger partial charge in [0.05, 0.1) is 6.04 Å². The van der Waals surface area contributed by atoms with Crippen LogP contribution in [0.15, 0.2) is 48.5 Å². The van der Waals surface area contributed by atoms with E-state index in [4.69, 9.17) is 11.6 Å². The number of anilines is 1. The van der Waals surface area contributed by atoms with Gasteiger partial charge in [-0.25, -0.2) is 0 Å². The summed E-state index contributed by atoms with van der Waals surface area (Å²) < 4.78 is 0. The Bertz CT molecular complexity index is 911. The molecule has 1 heterocycles. The fourth-order valence-corrected chi connectivity index (χ4v) is 3.96. The largest absolute Gasteiger partial charge is 0.378 e. The van der Waals surface area contributed by atoms with Crippen LogP contribution in [0.25, 0.3) is 0 Å². The molecule has 1 saturated heterocycles. The molecule has 2 aromatic carbocycles. The molecule has 32 heavy (non-hydrogen) atoms. The van der Waals surface area contributed by atoms with Crippen molar-refractivity contribution in [3.8, 4) is 0 Å². The summed E-state index contributed by atoms with van der Waals surface area (Å²) in [7, 11) is 6.13. The minimum Gasteiger partial charge on any atom is -0.378 e. The molecule has 8 heteroatoms. The molecule has 0 aromatic heterocycles. The molecule has 172 valence electrons. The van der Waals surface area contributed by atoms with E-state index in [0.717, 1.165) is 43.0 Å². The number of carbonyl (C=O) groups is 2. The summed E-state index contributed by atoms with van der Waals surface area (Å²) in [6.07, 6.45) is 0. The summed E-state index contributed by atoms with van der Waals surface area (Å²) in [5.74, 6) is -1.30. The van der Waals surface area contributed by atoms with E-state index in [9.17, 15) is 9.59 Å². The zero-order valence-corrected chi connectivity index (χ0v) is 19.7. The lowest BCUT2D eigenvalue weighted by Crippen LogP contribution is -2.49. The van der Waals surface area contributed by atoms with E-state index in [-0.39, 0.29) is 12.6 Å². The third kappa shape index (κ3) is 6.45. The van der Waals surface area contributed by atoms with Crippen LogP contribution in [0.3, 0.4) is 0 Å². The summed E-state index contributed by atoms with van der Waals surface area (Å²) in [4.78, 5) is 31.5. The van der Waals surface area contributed by atoms with E-state index in [1.165, 1.54) is 0 Å². The molecule has 2 aromatic rings. The van der Waals surface area contributed by atoms with E-state index < -0.39 is 11.8 Å². The number of amides is 2. The number of hydrogen-bond acceptors (Lipinski definition) is 5. The smallest absolute Gasteiger partial charge is 0.309 e. The molecule has 0 aliphatic carbocycles. The predicted octanol–water partition coefficient (Wildman–Crippen LogP) is 2.13. The number of nitrogens with one attached hydrogen (secondary N) is 2. The van der Waals surface area contributed by atoms with Crippen molar-refractivity contribution in [2.45, 2.75) is 12.6 Å². The maximum atomic E-state index is 12.5. The normalized spacial score (nSPS) is 15.8. The Morgan fingerprint density at radius 2 is 1.59 bits per heavy atom. The van der Waals surface area contributed by atoms with Gasteiger partial charge in [0, 0.05) is 64.1 Å². The monoisotopic (exact) mass is 457 g/mol. The molecular formula is C24H32ClN5O2. The number of piperazine rings is 1. The van der Waals surface area contributed by atoms with Crippen LogP contribution in [0.2, 0.25) is 5.02 Å². The molecule has 1 fully saturated rings. The summed E-state index contributed by atoms with van der Waals surface area (Å²) in [6.45, 7) is 4.33. The van der Waals surface area contributed by atoms with Gasteiger partial charge in [0.15, 0.2) is 0 Å². The predicted molar refractivity (Wildman–Crippen MR) is 129 cm³/mol. The van der Waals surface area contributed by atoms with Crippen LogP contribution in [0.5, 0.6) is 0 Å². The van der Waals surface area contributed by atoms with Crippen LogP contribution in [-0.2, 0) is 16.1 Å². The second-order valence-corrected chi connectivity index (χ2v) is 8.73. The van der Waals surface area contributed by atoms with Crippen molar-refractivity contribution in [3.05, 3.63) is 64.7 Å². The van der Waals surface area contributed by atoms with Gasteiger partial charge in [0.2, 0.25) is 0 Å². The highest BCUT2D eigenvalue weighted by atomic mass is 35.5. The maximum Gasteiger partial charge on any atom is 0.309 e. The van der Waals surface area contributed by atoms with Crippen LogP contribution in [-0.4, -0.2) is 75.5 Å².